The van der Waals surface area contributed by atoms with Gasteiger partial charge in [-0.3, -0.25) is 4.79 Å². The fourth-order valence-electron chi connectivity index (χ4n) is 3.60. The van der Waals surface area contributed by atoms with Crippen LogP contribution in [0.5, 0.6) is 5.75 Å². The van der Waals surface area contributed by atoms with E-state index >= 15 is 0 Å². The highest BCUT2D eigenvalue weighted by Crippen LogP contribution is 2.22. The van der Waals surface area contributed by atoms with Crippen molar-refractivity contribution in [1.82, 2.24) is 10.0 Å². The minimum atomic E-state index is -3.95. The molecule has 1 amide bonds. The monoisotopic (exact) mass is 498 g/mol. The molecule has 0 saturated carbocycles. The average molecular weight is 499 g/mol. The first kappa shape index (κ1) is 25.8. The highest BCUT2D eigenvalue weighted by Gasteiger charge is 2.27. The lowest BCUT2D eigenvalue weighted by Crippen LogP contribution is -2.48. The van der Waals surface area contributed by atoms with Gasteiger partial charge in [-0.25, -0.2) is 8.42 Å². The molecule has 2 N–H and O–H groups in total. The number of thioether (sulfide) groups is 1. The number of amides is 1. The van der Waals surface area contributed by atoms with Crippen LogP contribution in [0.4, 0.5) is 0 Å². The molecule has 0 fully saturated rings. The normalized spacial score (nSPS) is 13.2. The maximum Gasteiger partial charge on any atom is 0.241 e. The van der Waals surface area contributed by atoms with Crippen molar-refractivity contribution in [3.8, 4) is 5.75 Å². The summed E-state index contributed by atoms with van der Waals surface area (Å²) in [5, 5.41) is 2.96. The highest BCUT2D eigenvalue weighted by molar-refractivity contribution is 7.98. The molecule has 0 heterocycles. The summed E-state index contributed by atoms with van der Waals surface area (Å²) >= 11 is 1.64. The largest absolute Gasteiger partial charge is 0.496 e. The van der Waals surface area contributed by atoms with Gasteiger partial charge in [0.2, 0.25) is 15.9 Å². The Balaban J connectivity index is 1.83. The Morgan fingerprint density at radius 1 is 1.03 bits per heavy atom. The Labute approximate surface area is 206 Å². The standard InChI is InChI=1S/C26H30N2O4S2/c1-18-16-23(14-15-25(18)32-3)34(30,31)28-24(17-20-8-6-5-7-9-20)26(29)27-19(2)21-10-12-22(33-4)13-11-21/h5-16,19,24,28H,17H2,1-4H3,(H,27,29)/t19-,24-/m0/s1. The second-order valence-electron chi connectivity index (χ2n) is 8.00. The molecule has 6 nitrogen and oxygen atoms in total. The molecule has 0 aromatic heterocycles. The first-order valence-electron chi connectivity index (χ1n) is 10.9. The van der Waals surface area contributed by atoms with Gasteiger partial charge in [-0.15, -0.1) is 11.8 Å². The molecule has 3 aromatic carbocycles. The molecule has 180 valence electrons. The van der Waals surface area contributed by atoms with Crippen molar-refractivity contribution in [2.24, 2.45) is 0 Å². The van der Waals surface area contributed by atoms with Crippen molar-refractivity contribution in [2.45, 2.75) is 42.1 Å². The third kappa shape index (κ3) is 6.62. The molecule has 0 aliphatic heterocycles. The molecular formula is C26H30N2O4S2. The summed E-state index contributed by atoms with van der Waals surface area (Å²) in [6.45, 7) is 3.66. The lowest BCUT2D eigenvalue weighted by Gasteiger charge is -2.22. The number of nitrogens with one attached hydrogen (secondary N) is 2. The summed E-state index contributed by atoms with van der Waals surface area (Å²) in [5.41, 5.74) is 2.49. The van der Waals surface area contributed by atoms with Gasteiger partial charge in [-0.1, -0.05) is 42.5 Å². The van der Waals surface area contributed by atoms with E-state index in [1.165, 1.54) is 19.2 Å². The van der Waals surface area contributed by atoms with Crippen LogP contribution in [0.1, 0.15) is 29.7 Å². The molecule has 0 bridgehead atoms. The van der Waals surface area contributed by atoms with Crippen molar-refractivity contribution >= 4 is 27.7 Å². The van der Waals surface area contributed by atoms with Gasteiger partial charge < -0.3 is 10.1 Å². The van der Waals surface area contributed by atoms with E-state index in [9.17, 15) is 13.2 Å². The third-order valence-corrected chi connectivity index (χ3v) is 7.76. The van der Waals surface area contributed by atoms with Gasteiger partial charge in [-0.05, 0) is 73.5 Å². The molecule has 0 aliphatic rings. The number of benzene rings is 3. The second-order valence-corrected chi connectivity index (χ2v) is 10.6. The lowest BCUT2D eigenvalue weighted by atomic mass is 10.0. The zero-order valence-corrected chi connectivity index (χ0v) is 21.4. The first-order valence-corrected chi connectivity index (χ1v) is 13.6. The molecule has 0 aliphatic carbocycles. The van der Waals surface area contributed by atoms with Gasteiger partial charge in [0.15, 0.2) is 0 Å². The van der Waals surface area contributed by atoms with Gasteiger partial charge in [0.05, 0.1) is 18.0 Å². The maximum absolute atomic E-state index is 13.3. The number of methoxy groups -OCH3 is 1. The first-order chi connectivity index (χ1) is 16.2. The Bertz CT molecular complexity index is 1210. The van der Waals surface area contributed by atoms with E-state index in [1.54, 1.807) is 24.8 Å². The van der Waals surface area contributed by atoms with Crippen LogP contribution in [-0.4, -0.2) is 33.7 Å². The van der Waals surface area contributed by atoms with Crippen LogP contribution in [0.15, 0.2) is 82.6 Å². The Morgan fingerprint density at radius 2 is 1.71 bits per heavy atom. The number of hydrogen-bond donors (Lipinski definition) is 2. The van der Waals surface area contributed by atoms with E-state index in [0.29, 0.717) is 11.3 Å². The number of aryl methyl sites for hydroxylation is 1. The molecule has 8 heteroatoms. The minimum absolute atomic E-state index is 0.0809. The fraction of sp³-hybridized carbons (Fsp3) is 0.269. The summed E-state index contributed by atoms with van der Waals surface area (Å²) in [6, 6.07) is 20.6. The van der Waals surface area contributed by atoms with E-state index in [4.69, 9.17) is 4.74 Å². The Kier molecular flexibility index (Phi) is 8.77. The van der Waals surface area contributed by atoms with Crippen LogP contribution in [0.25, 0.3) is 0 Å². The molecular weight excluding hydrogens is 468 g/mol. The Morgan fingerprint density at radius 3 is 2.29 bits per heavy atom. The van der Waals surface area contributed by atoms with Crippen molar-refractivity contribution in [3.05, 3.63) is 89.5 Å². The number of ether oxygens (including phenoxy) is 1. The molecule has 2 atom stereocenters. The Hall–Kier alpha value is -2.81. The van der Waals surface area contributed by atoms with Gasteiger partial charge in [0.25, 0.3) is 0 Å². The molecule has 3 rings (SSSR count). The zero-order chi connectivity index (χ0) is 24.7. The molecule has 0 saturated heterocycles. The third-order valence-electron chi connectivity index (χ3n) is 5.55. The van der Waals surface area contributed by atoms with Crippen molar-refractivity contribution in [3.63, 3.8) is 0 Å². The van der Waals surface area contributed by atoms with Crippen LogP contribution in [0, 0.1) is 6.92 Å². The topological polar surface area (TPSA) is 84.5 Å². The van der Waals surface area contributed by atoms with E-state index in [-0.39, 0.29) is 23.3 Å². The SMILES string of the molecule is COc1ccc(S(=O)(=O)N[C@@H](Cc2ccccc2)C(=O)N[C@@H](C)c2ccc(SC)cc2)cc1C. The molecule has 3 aromatic rings. The molecule has 0 radical (unpaired) electrons. The zero-order valence-electron chi connectivity index (χ0n) is 19.7. The number of sulfonamides is 1. The number of carbonyl (C=O) groups excluding carboxylic acids is 1. The van der Waals surface area contributed by atoms with E-state index in [1.807, 2.05) is 67.8 Å². The minimum Gasteiger partial charge on any atom is -0.496 e. The van der Waals surface area contributed by atoms with Crippen LogP contribution in [0.3, 0.4) is 0 Å². The van der Waals surface area contributed by atoms with Crippen LogP contribution >= 0.6 is 11.8 Å². The average Bonchev–Trinajstić information content (AvgIpc) is 2.84. The number of hydrogen-bond acceptors (Lipinski definition) is 5. The van der Waals surface area contributed by atoms with Gasteiger partial charge in [0.1, 0.15) is 11.8 Å². The predicted octanol–water partition coefficient (Wildman–Crippen LogP) is 4.49. The van der Waals surface area contributed by atoms with E-state index in [2.05, 4.69) is 10.0 Å². The highest BCUT2D eigenvalue weighted by atomic mass is 32.2. The summed E-state index contributed by atoms with van der Waals surface area (Å²) in [7, 11) is -2.42. The van der Waals surface area contributed by atoms with Gasteiger partial charge in [-0.2, -0.15) is 4.72 Å². The lowest BCUT2D eigenvalue weighted by molar-refractivity contribution is -0.123. The van der Waals surface area contributed by atoms with Gasteiger partial charge >= 0.3 is 0 Å². The predicted molar refractivity (Wildman–Crippen MR) is 137 cm³/mol. The van der Waals surface area contributed by atoms with Gasteiger partial charge in [0, 0.05) is 4.90 Å². The molecule has 0 spiro atoms. The molecule has 34 heavy (non-hydrogen) atoms. The number of rotatable bonds is 10. The van der Waals surface area contributed by atoms with Crippen molar-refractivity contribution in [1.29, 1.82) is 0 Å². The summed E-state index contributed by atoms with van der Waals surface area (Å²) < 4.78 is 34.2. The number of carbonyl (C=O) groups is 1. The van der Waals surface area contributed by atoms with Crippen LogP contribution in [-0.2, 0) is 21.2 Å². The summed E-state index contributed by atoms with van der Waals surface area (Å²) in [5.74, 6) is 0.206. The summed E-state index contributed by atoms with van der Waals surface area (Å²) in [6.07, 6.45) is 2.23. The van der Waals surface area contributed by atoms with Crippen molar-refractivity contribution < 1.29 is 17.9 Å². The van der Waals surface area contributed by atoms with E-state index in [0.717, 1.165) is 16.0 Å². The quantitative estimate of drug-likeness (QED) is 0.402. The molecule has 0 unspecified atom stereocenters. The maximum atomic E-state index is 13.3. The smallest absolute Gasteiger partial charge is 0.241 e. The fourth-order valence-corrected chi connectivity index (χ4v) is 5.29. The van der Waals surface area contributed by atoms with Crippen LogP contribution < -0.4 is 14.8 Å². The van der Waals surface area contributed by atoms with Crippen LogP contribution in [0.2, 0.25) is 0 Å². The second kappa shape index (κ2) is 11.6. The van der Waals surface area contributed by atoms with E-state index < -0.39 is 16.1 Å². The summed E-state index contributed by atoms with van der Waals surface area (Å²) in [4.78, 5) is 14.5. The van der Waals surface area contributed by atoms with Crippen molar-refractivity contribution in [2.75, 3.05) is 13.4 Å².